The van der Waals surface area contributed by atoms with Gasteiger partial charge in [0.1, 0.15) is 0 Å². The molecule has 2 aliphatic carbocycles. The van der Waals surface area contributed by atoms with Gasteiger partial charge in [-0.2, -0.15) is 0 Å². The third-order valence-electron chi connectivity index (χ3n) is 5.24. The van der Waals surface area contributed by atoms with Gasteiger partial charge in [0, 0.05) is 6.42 Å². The number of hydrogen-bond acceptors (Lipinski definition) is 1. The minimum atomic E-state index is -1.63. The Morgan fingerprint density at radius 2 is 1.67 bits per heavy atom. The Kier molecular flexibility index (Phi) is 3.96. The second-order valence-electron chi connectivity index (χ2n) is 7.65. The van der Waals surface area contributed by atoms with Crippen LogP contribution in [0.2, 0.25) is 18.1 Å². The largest absolute Gasteiger partial charge is 0.547 e. The molecule has 0 saturated heterocycles. The summed E-state index contributed by atoms with van der Waals surface area (Å²) >= 11 is 0. The van der Waals surface area contributed by atoms with Gasteiger partial charge in [-0.15, -0.1) is 0 Å². The van der Waals surface area contributed by atoms with Crippen LogP contribution in [0.3, 0.4) is 0 Å². The van der Waals surface area contributed by atoms with Crippen LogP contribution in [-0.2, 0) is 4.43 Å². The quantitative estimate of drug-likeness (QED) is 0.588. The van der Waals surface area contributed by atoms with Gasteiger partial charge in [-0.05, 0) is 61.7 Å². The molecule has 18 heavy (non-hydrogen) atoms. The summed E-state index contributed by atoms with van der Waals surface area (Å²) in [6.07, 6.45) is 9.52. The topological polar surface area (TPSA) is 9.23 Å². The van der Waals surface area contributed by atoms with E-state index in [2.05, 4.69) is 33.9 Å². The highest BCUT2D eigenvalue weighted by Crippen LogP contribution is 2.44. The van der Waals surface area contributed by atoms with Crippen LogP contribution in [0, 0.1) is 5.92 Å². The molecule has 1 fully saturated rings. The van der Waals surface area contributed by atoms with Crippen LogP contribution in [-0.4, -0.2) is 8.32 Å². The highest BCUT2D eigenvalue weighted by atomic mass is 28.4. The van der Waals surface area contributed by atoms with Crippen LogP contribution in [0.15, 0.2) is 11.3 Å². The molecule has 1 atom stereocenters. The lowest BCUT2D eigenvalue weighted by Gasteiger charge is -2.41. The van der Waals surface area contributed by atoms with E-state index in [-0.39, 0.29) is 0 Å². The summed E-state index contributed by atoms with van der Waals surface area (Å²) < 4.78 is 6.63. The highest BCUT2D eigenvalue weighted by Gasteiger charge is 2.40. The maximum atomic E-state index is 6.63. The lowest BCUT2D eigenvalue weighted by Crippen LogP contribution is -2.41. The lowest BCUT2D eigenvalue weighted by atomic mass is 9.77. The molecule has 0 aromatic carbocycles. The Morgan fingerprint density at radius 1 is 1.00 bits per heavy atom. The smallest absolute Gasteiger partial charge is 0.250 e. The van der Waals surface area contributed by atoms with E-state index in [0.717, 1.165) is 5.92 Å². The molecule has 1 saturated carbocycles. The number of hydrogen-bond donors (Lipinski definition) is 0. The van der Waals surface area contributed by atoms with Crippen molar-refractivity contribution in [2.24, 2.45) is 5.92 Å². The molecular formula is C16H30OSi. The molecule has 1 nitrogen and oxygen atoms in total. The van der Waals surface area contributed by atoms with Crippen molar-refractivity contribution >= 4 is 8.32 Å². The normalized spacial score (nSPS) is 25.9. The zero-order valence-electron chi connectivity index (χ0n) is 12.9. The van der Waals surface area contributed by atoms with Crippen LogP contribution in [0.1, 0.15) is 65.7 Å². The van der Waals surface area contributed by atoms with Crippen molar-refractivity contribution in [3.05, 3.63) is 11.3 Å². The molecule has 0 amide bonds. The molecule has 1 unspecified atom stereocenters. The monoisotopic (exact) mass is 266 g/mol. The van der Waals surface area contributed by atoms with Crippen molar-refractivity contribution in [2.75, 3.05) is 0 Å². The molecule has 0 heterocycles. The molecule has 0 aliphatic heterocycles. The molecule has 0 radical (unpaired) electrons. The third kappa shape index (κ3) is 2.84. The maximum Gasteiger partial charge on any atom is 0.250 e. The van der Waals surface area contributed by atoms with Crippen LogP contribution < -0.4 is 0 Å². The standard InChI is InChI=1S/C16H30OSi/c1-16(2,3)18(4,5)17-15-12-8-10-13-9-6-7-11-14(13)15/h13H,6-12H2,1-5H3. The van der Waals surface area contributed by atoms with Gasteiger partial charge in [-0.3, -0.25) is 0 Å². The van der Waals surface area contributed by atoms with Gasteiger partial charge in [-0.1, -0.05) is 27.2 Å². The van der Waals surface area contributed by atoms with Crippen LogP contribution in [0.4, 0.5) is 0 Å². The van der Waals surface area contributed by atoms with Gasteiger partial charge in [0.05, 0.1) is 5.76 Å². The molecule has 0 aromatic rings. The molecule has 0 aromatic heterocycles. The predicted molar refractivity (Wildman–Crippen MR) is 81.1 cm³/mol. The van der Waals surface area contributed by atoms with Crippen LogP contribution >= 0.6 is 0 Å². The molecule has 2 heteroatoms. The van der Waals surface area contributed by atoms with Gasteiger partial charge >= 0.3 is 0 Å². The Morgan fingerprint density at radius 3 is 2.33 bits per heavy atom. The molecule has 2 aliphatic rings. The third-order valence-corrected chi connectivity index (χ3v) is 9.61. The average molecular weight is 267 g/mol. The fourth-order valence-corrected chi connectivity index (χ4v) is 4.17. The van der Waals surface area contributed by atoms with Crippen molar-refractivity contribution in [1.82, 2.24) is 0 Å². The van der Waals surface area contributed by atoms with Crippen molar-refractivity contribution in [1.29, 1.82) is 0 Å². The summed E-state index contributed by atoms with van der Waals surface area (Å²) in [6, 6.07) is 0. The van der Waals surface area contributed by atoms with Gasteiger partial charge in [0.2, 0.25) is 8.32 Å². The van der Waals surface area contributed by atoms with E-state index in [1.54, 1.807) is 5.57 Å². The predicted octanol–water partition coefficient (Wildman–Crippen LogP) is 5.64. The molecular weight excluding hydrogens is 236 g/mol. The molecule has 0 spiro atoms. The first-order chi connectivity index (χ1) is 8.31. The Balaban J connectivity index is 2.19. The second kappa shape index (κ2) is 5.03. The zero-order valence-corrected chi connectivity index (χ0v) is 13.9. The number of rotatable bonds is 2. The first-order valence-electron chi connectivity index (χ1n) is 7.72. The van der Waals surface area contributed by atoms with Crippen molar-refractivity contribution in [3.63, 3.8) is 0 Å². The summed E-state index contributed by atoms with van der Waals surface area (Å²) in [5.74, 6) is 2.28. The van der Waals surface area contributed by atoms with E-state index in [4.69, 9.17) is 4.43 Å². The molecule has 104 valence electrons. The summed E-state index contributed by atoms with van der Waals surface area (Å²) in [5, 5.41) is 0.322. The van der Waals surface area contributed by atoms with Gasteiger partial charge in [-0.25, -0.2) is 0 Å². The fourth-order valence-electron chi connectivity index (χ4n) is 3.02. The van der Waals surface area contributed by atoms with E-state index in [1.807, 2.05) is 0 Å². The minimum Gasteiger partial charge on any atom is -0.547 e. The maximum absolute atomic E-state index is 6.63. The highest BCUT2D eigenvalue weighted by molar-refractivity contribution is 6.74. The number of fused-ring (bicyclic) bond motifs is 1. The lowest BCUT2D eigenvalue weighted by molar-refractivity contribution is 0.296. The SMILES string of the molecule is CC(C)(C)[Si](C)(C)OC1=C2CCCCC2CCC1. The second-order valence-corrected chi connectivity index (χ2v) is 12.4. The van der Waals surface area contributed by atoms with Crippen molar-refractivity contribution in [3.8, 4) is 0 Å². The Labute approximate surface area is 114 Å². The average Bonchev–Trinajstić information content (AvgIpc) is 2.27. The van der Waals surface area contributed by atoms with E-state index in [9.17, 15) is 0 Å². The van der Waals surface area contributed by atoms with Crippen LogP contribution in [0.25, 0.3) is 0 Å². The fraction of sp³-hybridized carbons (Fsp3) is 0.875. The molecule has 0 bridgehead atoms. The van der Waals surface area contributed by atoms with E-state index in [0.29, 0.717) is 5.04 Å². The summed E-state index contributed by atoms with van der Waals surface area (Å²) in [5.41, 5.74) is 1.71. The van der Waals surface area contributed by atoms with E-state index >= 15 is 0 Å². The van der Waals surface area contributed by atoms with E-state index in [1.165, 1.54) is 50.7 Å². The summed E-state index contributed by atoms with van der Waals surface area (Å²) in [6.45, 7) is 11.8. The van der Waals surface area contributed by atoms with Crippen molar-refractivity contribution < 1.29 is 4.43 Å². The Hall–Kier alpha value is -0.243. The van der Waals surface area contributed by atoms with Gasteiger partial charge in [0.25, 0.3) is 0 Å². The van der Waals surface area contributed by atoms with Gasteiger partial charge in [0.15, 0.2) is 0 Å². The van der Waals surface area contributed by atoms with Crippen molar-refractivity contribution in [2.45, 2.75) is 83.8 Å². The molecule has 2 rings (SSSR count). The zero-order chi connectivity index (χ0) is 13.4. The van der Waals surface area contributed by atoms with Gasteiger partial charge < -0.3 is 4.43 Å². The summed E-state index contributed by atoms with van der Waals surface area (Å²) in [7, 11) is -1.63. The van der Waals surface area contributed by atoms with E-state index < -0.39 is 8.32 Å². The number of allylic oxidation sites excluding steroid dienone is 2. The first kappa shape index (κ1) is 14.2. The van der Waals surface area contributed by atoms with Crippen LogP contribution in [0.5, 0.6) is 0 Å². The first-order valence-corrected chi connectivity index (χ1v) is 10.6. The minimum absolute atomic E-state index is 0.322. The summed E-state index contributed by atoms with van der Waals surface area (Å²) in [4.78, 5) is 0. The molecule has 0 N–H and O–H groups in total. The Bertz CT molecular complexity index is 335.